The van der Waals surface area contributed by atoms with Crippen LogP contribution in [0.5, 0.6) is 0 Å². The molecule has 3 N–H and O–H groups in total. The van der Waals surface area contributed by atoms with Crippen LogP contribution in [0, 0.1) is 5.92 Å². The quantitative estimate of drug-likeness (QED) is 0.739. The topological polar surface area (TPSA) is 55.1 Å². The maximum atomic E-state index is 12.1. The van der Waals surface area contributed by atoms with Crippen molar-refractivity contribution in [3.05, 3.63) is 28.2 Å². The Morgan fingerprint density at radius 1 is 1.48 bits per heavy atom. The molecule has 0 radical (unpaired) electrons. The van der Waals surface area contributed by atoms with Crippen molar-refractivity contribution in [2.75, 3.05) is 5.75 Å². The number of nitrogens with two attached hydrogens (primary N) is 1. The van der Waals surface area contributed by atoms with E-state index in [1.807, 2.05) is 19.9 Å². The highest BCUT2D eigenvalue weighted by Gasteiger charge is 2.50. The number of rotatable bonds is 7. The van der Waals surface area contributed by atoms with E-state index < -0.39 is 5.54 Å². The third-order valence-corrected chi connectivity index (χ3v) is 5.53. The van der Waals surface area contributed by atoms with Gasteiger partial charge in [0.2, 0.25) is 5.91 Å². The van der Waals surface area contributed by atoms with Gasteiger partial charge in [-0.15, -0.1) is 11.8 Å². The summed E-state index contributed by atoms with van der Waals surface area (Å²) >= 11 is 13.7. The van der Waals surface area contributed by atoms with E-state index in [0.717, 1.165) is 17.7 Å². The summed E-state index contributed by atoms with van der Waals surface area (Å²) in [7, 11) is 0. The molecule has 1 aromatic carbocycles. The van der Waals surface area contributed by atoms with Crippen LogP contribution < -0.4 is 11.1 Å². The Hall–Kier alpha value is -0.420. The Bertz CT molecular complexity index is 534. The van der Waals surface area contributed by atoms with Gasteiger partial charge in [-0.3, -0.25) is 4.79 Å². The number of amides is 1. The number of primary amides is 1. The molecule has 1 aliphatic carbocycles. The van der Waals surface area contributed by atoms with Gasteiger partial charge in [-0.25, -0.2) is 0 Å². The predicted octanol–water partition coefficient (Wildman–Crippen LogP) is 3.72. The molecular formula is C15H20Cl2N2OS. The number of hydrogen-bond acceptors (Lipinski definition) is 3. The van der Waals surface area contributed by atoms with Gasteiger partial charge in [-0.05, 0) is 50.8 Å². The monoisotopic (exact) mass is 346 g/mol. The third kappa shape index (κ3) is 4.07. The molecule has 0 bridgehead atoms. The number of benzene rings is 1. The molecule has 3 nitrogen and oxygen atoms in total. The second-order valence-electron chi connectivity index (χ2n) is 5.77. The number of carbonyl (C=O) groups is 1. The van der Waals surface area contributed by atoms with E-state index >= 15 is 0 Å². The van der Waals surface area contributed by atoms with E-state index in [1.54, 1.807) is 12.1 Å². The van der Waals surface area contributed by atoms with Crippen molar-refractivity contribution >= 4 is 40.9 Å². The summed E-state index contributed by atoms with van der Waals surface area (Å²) in [4.78, 5) is 13.0. The van der Waals surface area contributed by atoms with E-state index in [9.17, 15) is 4.79 Å². The molecule has 0 heterocycles. The van der Waals surface area contributed by atoms with Crippen LogP contribution in [0.1, 0.15) is 26.7 Å². The zero-order valence-electron chi connectivity index (χ0n) is 12.2. The predicted molar refractivity (Wildman–Crippen MR) is 90.1 cm³/mol. The van der Waals surface area contributed by atoms with Gasteiger partial charge in [0.15, 0.2) is 0 Å². The molecule has 1 aromatic rings. The highest BCUT2D eigenvalue weighted by Crippen LogP contribution is 2.43. The van der Waals surface area contributed by atoms with E-state index in [-0.39, 0.29) is 11.9 Å². The molecule has 1 fully saturated rings. The highest BCUT2D eigenvalue weighted by atomic mass is 35.5. The average molecular weight is 347 g/mol. The van der Waals surface area contributed by atoms with Gasteiger partial charge in [0.1, 0.15) is 5.54 Å². The van der Waals surface area contributed by atoms with Gasteiger partial charge in [-0.2, -0.15) is 0 Å². The summed E-state index contributed by atoms with van der Waals surface area (Å²) in [5.74, 6) is 0.581. The van der Waals surface area contributed by atoms with Gasteiger partial charge in [-0.1, -0.05) is 23.2 Å². The molecule has 1 aliphatic rings. The van der Waals surface area contributed by atoms with Crippen LogP contribution >= 0.6 is 35.0 Å². The molecule has 0 aliphatic heterocycles. The standard InChI is InChI=1S/C15H20Cl2N2OS/c1-9(2)19-15(14(18)20,10-3-4-10)8-21-13-7-11(16)5-6-12(13)17/h5-7,9-10,19H,3-4,8H2,1-2H3,(H2,18,20). The Labute approximate surface area is 139 Å². The maximum Gasteiger partial charge on any atom is 0.238 e. The maximum absolute atomic E-state index is 12.1. The number of halogens is 2. The van der Waals surface area contributed by atoms with Crippen molar-refractivity contribution in [1.82, 2.24) is 5.32 Å². The molecule has 0 aromatic heterocycles. The Balaban J connectivity index is 2.19. The molecule has 1 unspecified atom stereocenters. The van der Waals surface area contributed by atoms with Crippen molar-refractivity contribution < 1.29 is 4.79 Å². The molecular weight excluding hydrogens is 327 g/mol. The van der Waals surface area contributed by atoms with Crippen molar-refractivity contribution in [2.24, 2.45) is 11.7 Å². The van der Waals surface area contributed by atoms with Crippen LogP contribution in [0.4, 0.5) is 0 Å². The lowest BCUT2D eigenvalue weighted by Gasteiger charge is -2.34. The van der Waals surface area contributed by atoms with E-state index in [1.165, 1.54) is 11.8 Å². The normalized spacial score (nSPS) is 17.8. The number of nitrogens with one attached hydrogen (secondary N) is 1. The first-order valence-corrected chi connectivity index (χ1v) is 8.75. The zero-order chi connectivity index (χ0) is 15.6. The van der Waals surface area contributed by atoms with Crippen LogP contribution in [0.3, 0.4) is 0 Å². The van der Waals surface area contributed by atoms with Crippen molar-refractivity contribution in [3.63, 3.8) is 0 Å². The minimum Gasteiger partial charge on any atom is -0.368 e. The highest BCUT2D eigenvalue weighted by molar-refractivity contribution is 7.99. The van der Waals surface area contributed by atoms with E-state index in [0.29, 0.717) is 21.7 Å². The second-order valence-corrected chi connectivity index (χ2v) is 7.63. The van der Waals surface area contributed by atoms with Crippen molar-refractivity contribution in [1.29, 1.82) is 0 Å². The van der Waals surface area contributed by atoms with Crippen LogP contribution in [-0.4, -0.2) is 23.2 Å². The fourth-order valence-electron chi connectivity index (χ4n) is 2.49. The number of carbonyl (C=O) groups excluding carboxylic acids is 1. The largest absolute Gasteiger partial charge is 0.368 e. The molecule has 1 saturated carbocycles. The van der Waals surface area contributed by atoms with Crippen LogP contribution in [-0.2, 0) is 4.79 Å². The molecule has 21 heavy (non-hydrogen) atoms. The molecule has 0 saturated heterocycles. The van der Waals surface area contributed by atoms with Crippen LogP contribution in [0.2, 0.25) is 10.0 Å². The Morgan fingerprint density at radius 2 is 2.14 bits per heavy atom. The second kappa shape index (κ2) is 6.78. The minimum absolute atomic E-state index is 0.188. The third-order valence-electron chi connectivity index (χ3n) is 3.61. The van der Waals surface area contributed by atoms with Crippen molar-refractivity contribution in [2.45, 2.75) is 43.2 Å². The first-order valence-electron chi connectivity index (χ1n) is 7.00. The minimum atomic E-state index is -0.676. The van der Waals surface area contributed by atoms with Gasteiger partial charge in [0.25, 0.3) is 0 Å². The van der Waals surface area contributed by atoms with Crippen LogP contribution in [0.25, 0.3) is 0 Å². The summed E-state index contributed by atoms with van der Waals surface area (Å²) in [6, 6.07) is 5.53. The van der Waals surface area contributed by atoms with Crippen LogP contribution in [0.15, 0.2) is 23.1 Å². The SMILES string of the molecule is CC(C)NC(CSc1cc(Cl)ccc1Cl)(C(N)=O)C1CC1. The summed E-state index contributed by atoms with van der Waals surface area (Å²) in [6.07, 6.45) is 2.07. The zero-order valence-corrected chi connectivity index (χ0v) is 14.5. The average Bonchev–Trinajstić information content (AvgIpc) is 3.22. The lowest BCUT2D eigenvalue weighted by Crippen LogP contribution is -2.61. The summed E-state index contributed by atoms with van der Waals surface area (Å²) < 4.78 is 0. The number of hydrogen-bond donors (Lipinski definition) is 2. The summed E-state index contributed by atoms with van der Waals surface area (Å²) in [5.41, 5.74) is 5.04. The number of thioether (sulfide) groups is 1. The lowest BCUT2D eigenvalue weighted by atomic mass is 9.93. The Morgan fingerprint density at radius 3 is 2.67 bits per heavy atom. The van der Waals surface area contributed by atoms with Gasteiger partial charge < -0.3 is 11.1 Å². The lowest BCUT2D eigenvalue weighted by molar-refractivity contribution is -0.124. The Kier molecular flexibility index (Phi) is 5.47. The molecule has 116 valence electrons. The molecule has 1 amide bonds. The summed E-state index contributed by atoms with van der Waals surface area (Å²) in [5, 5.41) is 4.66. The van der Waals surface area contributed by atoms with Gasteiger partial charge in [0.05, 0.1) is 5.02 Å². The smallest absolute Gasteiger partial charge is 0.238 e. The molecule has 1 atom stereocenters. The first kappa shape index (κ1) is 16.9. The van der Waals surface area contributed by atoms with Gasteiger partial charge >= 0.3 is 0 Å². The molecule has 0 spiro atoms. The van der Waals surface area contributed by atoms with Crippen molar-refractivity contribution in [3.8, 4) is 0 Å². The molecule has 2 rings (SSSR count). The van der Waals surface area contributed by atoms with E-state index in [4.69, 9.17) is 28.9 Å². The molecule has 6 heteroatoms. The summed E-state index contributed by atoms with van der Waals surface area (Å²) in [6.45, 7) is 4.05. The van der Waals surface area contributed by atoms with Gasteiger partial charge in [0, 0.05) is 21.7 Å². The fourth-order valence-corrected chi connectivity index (χ4v) is 4.27. The fraction of sp³-hybridized carbons (Fsp3) is 0.533. The van der Waals surface area contributed by atoms with E-state index in [2.05, 4.69) is 5.32 Å². The first-order chi connectivity index (χ1) is 9.85.